The molecule has 4 N–H and O–H groups in total. The van der Waals surface area contributed by atoms with Crippen molar-refractivity contribution in [2.75, 3.05) is 0 Å². The second-order valence-corrected chi connectivity index (χ2v) is 8.31. The van der Waals surface area contributed by atoms with E-state index >= 15 is 0 Å². The van der Waals surface area contributed by atoms with Gasteiger partial charge in [-0.15, -0.1) is 0 Å². The number of carbonyl (C=O) groups excluding carboxylic acids is 1. The van der Waals surface area contributed by atoms with E-state index in [0.717, 1.165) is 27.2 Å². The Labute approximate surface area is 196 Å². The number of halogens is 3. The maximum atomic E-state index is 13.1. The van der Waals surface area contributed by atoms with E-state index in [9.17, 15) is 18.0 Å². The van der Waals surface area contributed by atoms with Crippen LogP contribution in [-0.4, -0.2) is 34.9 Å². The van der Waals surface area contributed by atoms with E-state index in [1.807, 2.05) is 44.2 Å². The van der Waals surface area contributed by atoms with Crippen molar-refractivity contribution >= 4 is 17.3 Å². The molecule has 2 bridgehead atoms. The highest BCUT2D eigenvalue weighted by molar-refractivity contribution is 5.99. The highest BCUT2D eigenvalue weighted by atomic mass is 19.4. The zero-order chi connectivity index (χ0) is 24.6. The van der Waals surface area contributed by atoms with Crippen LogP contribution in [-0.2, 0) is 4.79 Å². The minimum atomic E-state index is -4.86. The van der Waals surface area contributed by atoms with Crippen molar-refractivity contribution in [1.82, 2.24) is 4.90 Å². The van der Waals surface area contributed by atoms with Crippen molar-refractivity contribution in [1.29, 1.82) is 0 Å². The molecule has 5 rings (SSSR count). The molecule has 0 aromatic heterocycles. The molecule has 0 aliphatic carbocycles. The lowest BCUT2D eigenvalue weighted by atomic mass is 9.83. The highest BCUT2D eigenvalue weighted by Gasteiger charge is 2.51. The number of hydrazone groups is 1. The number of nitrogens with zero attached hydrogens (tertiary/aromatic N) is 2. The predicted octanol–water partition coefficient (Wildman–Crippen LogP) is 4.92. The van der Waals surface area contributed by atoms with Gasteiger partial charge in [-0.2, -0.15) is 18.3 Å². The summed E-state index contributed by atoms with van der Waals surface area (Å²) in [5.74, 6) is 4.98. The molecule has 34 heavy (non-hydrogen) atoms. The molecule has 2 unspecified atom stereocenters. The minimum absolute atomic E-state index is 0.168. The average molecular weight is 473 g/mol. The van der Waals surface area contributed by atoms with Gasteiger partial charge >= 0.3 is 12.1 Å². The normalized spacial score (nSPS) is 21.2. The molecule has 3 aliphatic rings. The van der Waals surface area contributed by atoms with Gasteiger partial charge < -0.3 is 21.2 Å². The molecule has 1 amide bonds. The van der Waals surface area contributed by atoms with E-state index in [-0.39, 0.29) is 5.84 Å². The van der Waals surface area contributed by atoms with Gasteiger partial charge in [-0.25, -0.2) is 0 Å². The molecule has 3 heterocycles. The largest absolute Gasteiger partial charge is 0.471 e. The van der Waals surface area contributed by atoms with E-state index in [1.54, 1.807) is 12.1 Å². The fourth-order valence-electron chi connectivity index (χ4n) is 5.15. The van der Waals surface area contributed by atoms with Crippen LogP contribution < -0.4 is 16.3 Å². The van der Waals surface area contributed by atoms with Gasteiger partial charge in [0.25, 0.3) is 0 Å². The fraction of sp³-hybridized carbons (Fsp3) is 0.360. The van der Waals surface area contributed by atoms with Crippen molar-refractivity contribution < 1.29 is 22.7 Å². The number of hydrogen-bond acceptors (Lipinski definition) is 4. The maximum Gasteiger partial charge on any atom is 0.471 e. The van der Waals surface area contributed by atoms with Crippen LogP contribution in [0.4, 0.5) is 13.2 Å². The lowest BCUT2D eigenvalue weighted by Crippen LogP contribution is -2.50. The SMILES string of the molecule is CC.N/N=C(\N)c1ccc2c(c1)Oc1ccccc1C2=C1CC2CCC(C1)N2C(=O)C(F)(F)F. The van der Waals surface area contributed by atoms with Crippen molar-refractivity contribution in [3.05, 3.63) is 64.7 Å². The van der Waals surface area contributed by atoms with E-state index in [0.29, 0.717) is 42.7 Å². The van der Waals surface area contributed by atoms with Crippen molar-refractivity contribution in [3.63, 3.8) is 0 Å². The van der Waals surface area contributed by atoms with Crippen LogP contribution in [0, 0.1) is 0 Å². The summed E-state index contributed by atoms with van der Waals surface area (Å²) < 4.78 is 45.5. The van der Waals surface area contributed by atoms with Crippen LogP contribution in [0.2, 0.25) is 0 Å². The van der Waals surface area contributed by atoms with Gasteiger partial charge in [-0.05, 0) is 49.5 Å². The molecule has 6 nitrogen and oxygen atoms in total. The molecule has 0 radical (unpaired) electrons. The minimum Gasteiger partial charge on any atom is -0.456 e. The number of amides is 1. The summed E-state index contributed by atoms with van der Waals surface area (Å²) in [5, 5.41) is 3.53. The van der Waals surface area contributed by atoms with Gasteiger partial charge in [-0.1, -0.05) is 43.7 Å². The molecule has 0 spiro atoms. The lowest BCUT2D eigenvalue weighted by molar-refractivity contribution is -0.189. The van der Waals surface area contributed by atoms with E-state index in [4.69, 9.17) is 16.3 Å². The summed E-state index contributed by atoms with van der Waals surface area (Å²) in [6.45, 7) is 4.00. The first-order chi connectivity index (χ1) is 16.3. The number of amidine groups is 1. The number of para-hydroxylation sites is 1. The Morgan fingerprint density at radius 3 is 2.26 bits per heavy atom. The Bertz CT molecular complexity index is 1160. The Morgan fingerprint density at radius 1 is 1.03 bits per heavy atom. The quantitative estimate of drug-likeness (QED) is 0.228. The van der Waals surface area contributed by atoms with Crippen LogP contribution in [0.3, 0.4) is 0 Å². The second-order valence-electron chi connectivity index (χ2n) is 8.31. The number of piperidine rings is 1. The van der Waals surface area contributed by atoms with Gasteiger partial charge in [0.05, 0.1) is 0 Å². The number of alkyl halides is 3. The Morgan fingerprint density at radius 2 is 1.65 bits per heavy atom. The fourth-order valence-corrected chi connectivity index (χ4v) is 5.15. The first-order valence-corrected chi connectivity index (χ1v) is 11.3. The molecular weight excluding hydrogens is 445 g/mol. The van der Waals surface area contributed by atoms with Gasteiger partial charge in [0.15, 0.2) is 0 Å². The number of ether oxygens (including phenoxy) is 1. The molecule has 2 fully saturated rings. The third-order valence-electron chi connectivity index (χ3n) is 6.48. The predicted molar refractivity (Wildman–Crippen MR) is 124 cm³/mol. The molecule has 3 aliphatic heterocycles. The molecule has 2 saturated heterocycles. The summed E-state index contributed by atoms with van der Waals surface area (Å²) in [7, 11) is 0. The molecule has 2 aromatic carbocycles. The van der Waals surface area contributed by atoms with E-state index in [1.165, 1.54) is 0 Å². The Kier molecular flexibility index (Phi) is 6.29. The smallest absolute Gasteiger partial charge is 0.456 e. The van der Waals surface area contributed by atoms with Crippen LogP contribution in [0.1, 0.15) is 56.2 Å². The van der Waals surface area contributed by atoms with E-state index < -0.39 is 24.2 Å². The number of fused-ring (bicyclic) bond motifs is 4. The first kappa shape index (κ1) is 23.7. The Hall–Kier alpha value is -3.49. The molecule has 0 saturated carbocycles. The summed E-state index contributed by atoms with van der Waals surface area (Å²) in [6, 6.07) is 12.1. The second kappa shape index (κ2) is 9.04. The monoisotopic (exact) mass is 472 g/mol. The number of hydrogen-bond donors (Lipinski definition) is 2. The van der Waals surface area contributed by atoms with Crippen molar-refractivity contribution in [3.8, 4) is 11.5 Å². The van der Waals surface area contributed by atoms with Gasteiger partial charge in [0, 0.05) is 28.8 Å². The highest BCUT2D eigenvalue weighted by Crippen LogP contribution is 2.50. The zero-order valence-electron chi connectivity index (χ0n) is 19.0. The third kappa shape index (κ3) is 3.99. The van der Waals surface area contributed by atoms with Gasteiger partial charge in [-0.3, -0.25) is 4.79 Å². The number of rotatable bonds is 1. The number of nitrogens with two attached hydrogens (primary N) is 2. The summed E-state index contributed by atoms with van der Waals surface area (Å²) in [6.07, 6.45) is -2.93. The van der Waals surface area contributed by atoms with Crippen molar-refractivity contribution in [2.45, 2.75) is 57.8 Å². The maximum absolute atomic E-state index is 13.1. The summed E-state index contributed by atoms with van der Waals surface area (Å²) in [4.78, 5) is 13.1. The third-order valence-corrected chi connectivity index (χ3v) is 6.48. The first-order valence-electron chi connectivity index (χ1n) is 11.3. The summed E-state index contributed by atoms with van der Waals surface area (Å²) in [5.41, 5.74) is 10.2. The number of carbonyl (C=O) groups is 1. The molecule has 2 aromatic rings. The molecule has 180 valence electrons. The van der Waals surface area contributed by atoms with Crippen LogP contribution in [0.5, 0.6) is 11.5 Å². The number of benzene rings is 2. The average Bonchev–Trinajstić information content (AvgIpc) is 3.10. The zero-order valence-corrected chi connectivity index (χ0v) is 19.0. The lowest BCUT2D eigenvalue weighted by Gasteiger charge is -2.38. The Balaban J connectivity index is 0.00000133. The van der Waals surface area contributed by atoms with Crippen LogP contribution >= 0.6 is 0 Å². The molecule has 9 heteroatoms. The van der Waals surface area contributed by atoms with Crippen molar-refractivity contribution in [2.24, 2.45) is 16.7 Å². The molecular formula is C25H27F3N4O2. The topological polar surface area (TPSA) is 93.9 Å². The summed E-state index contributed by atoms with van der Waals surface area (Å²) >= 11 is 0. The molecule has 2 atom stereocenters. The van der Waals surface area contributed by atoms with Crippen LogP contribution in [0.25, 0.3) is 5.57 Å². The van der Waals surface area contributed by atoms with Crippen LogP contribution in [0.15, 0.2) is 53.1 Å². The standard InChI is InChI=1S/C23H21F3N4O2.C2H6/c24-23(25,26)22(31)30-14-6-7-15(30)10-13(9-14)20-16-3-1-2-4-18(16)32-19-11-12(21(27)29-28)5-8-17(19)20;1-2/h1-5,8,11,14-15H,6-7,9-10,28H2,(H2,27,29);1-2H3. The van der Waals surface area contributed by atoms with E-state index in [2.05, 4.69) is 5.10 Å². The van der Waals surface area contributed by atoms with Gasteiger partial charge in [0.2, 0.25) is 0 Å². The van der Waals surface area contributed by atoms with Gasteiger partial charge in [0.1, 0.15) is 17.3 Å².